The third kappa shape index (κ3) is 3.23. The minimum absolute atomic E-state index is 0.0778. The Bertz CT molecular complexity index is 603. The van der Waals surface area contributed by atoms with Gasteiger partial charge < -0.3 is 15.1 Å². The molecule has 1 aromatic carbocycles. The molecule has 2 N–H and O–H groups in total. The Labute approximate surface area is 131 Å². The van der Waals surface area contributed by atoms with Gasteiger partial charge in [0.25, 0.3) is 5.91 Å². The number of carbonyl (C=O) groups is 1. The number of hydrogen-bond acceptors (Lipinski definition) is 3. The van der Waals surface area contributed by atoms with E-state index in [4.69, 9.17) is 0 Å². The molecule has 0 aliphatic carbocycles. The number of benzene rings is 1. The first-order valence-corrected chi connectivity index (χ1v) is 7.66. The van der Waals surface area contributed by atoms with E-state index in [9.17, 15) is 28.2 Å². The minimum atomic E-state index is -4.18. The molecule has 2 unspecified atom stereocenters. The second kappa shape index (κ2) is 5.62. The number of aromatic hydroxyl groups is 2. The summed E-state index contributed by atoms with van der Waals surface area (Å²) in [6.45, 7) is 0. The van der Waals surface area contributed by atoms with Crippen molar-refractivity contribution in [2.45, 2.75) is 50.4 Å². The maximum Gasteiger partial charge on any atom is 0.389 e. The fourth-order valence-electron chi connectivity index (χ4n) is 3.96. The van der Waals surface area contributed by atoms with Crippen LogP contribution in [0.15, 0.2) is 18.2 Å². The molecular weight excluding hydrogens is 311 g/mol. The maximum absolute atomic E-state index is 12.6. The Kier molecular flexibility index (Phi) is 3.90. The number of halogens is 3. The normalized spacial score (nSPS) is 27.3. The summed E-state index contributed by atoms with van der Waals surface area (Å²) in [6.07, 6.45) is -2.88. The van der Waals surface area contributed by atoms with E-state index in [0.717, 1.165) is 6.07 Å². The number of rotatable bonds is 2. The SMILES string of the molecule is O=C(c1ccc(O)cc1O)N1C2CCC1CC(CC(F)(F)F)C2. The van der Waals surface area contributed by atoms with Gasteiger partial charge in [-0.1, -0.05) is 0 Å². The molecule has 2 saturated heterocycles. The van der Waals surface area contributed by atoms with Gasteiger partial charge in [0.05, 0.1) is 5.56 Å². The van der Waals surface area contributed by atoms with Gasteiger partial charge in [-0.05, 0) is 43.7 Å². The van der Waals surface area contributed by atoms with Crippen LogP contribution in [0.2, 0.25) is 0 Å². The van der Waals surface area contributed by atoms with E-state index >= 15 is 0 Å². The van der Waals surface area contributed by atoms with Crippen molar-refractivity contribution in [2.24, 2.45) is 5.92 Å². The lowest BCUT2D eigenvalue weighted by Gasteiger charge is -2.39. The number of carbonyl (C=O) groups excluding carboxylic acids is 1. The van der Waals surface area contributed by atoms with Gasteiger partial charge in [0.1, 0.15) is 11.5 Å². The number of nitrogens with zero attached hydrogens (tertiary/aromatic N) is 1. The molecule has 0 radical (unpaired) electrons. The van der Waals surface area contributed by atoms with Crippen LogP contribution in [0.1, 0.15) is 42.5 Å². The van der Waals surface area contributed by atoms with Crippen LogP contribution in [0.25, 0.3) is 0 Å². The van der Waals surface area contributed by atoms with Crippen LogP contribution in [0.4, 0.5) is 13.2 Å². The van der Waals surface area contributed by atoms with Gasteiger partial charge in [0.15, 0.2) is 0 Å². The molecule has 2 heterocycles. The van der Waals surface area contributed by atoms with Gasteiger partial charge >= 0.3 is 6.18 Å². The van der Waals surface area contributed by atoms with E-state index in [1.807, 2.05) is 0 Å². The number of fused-ring (bicyclic) bond motifs is 2. The average Bonchev–Trinajstić information content (AvgIpc) is 2.68. The van der Waals surface area contributed by atoms with Gasteiger partial charge in [-0.25, -0.2) is 0 Å². The summed E-state index contributed by atoms with van der Waals surface area (Å²) in [5.41, 5.74) is 0.0778. The van der Waals surface area contributed by atoms with Crippen LogP contribution >= 0.6 is 0 Å². The molecule has 2 atom stereocenters. The third-order valence-corrected chi connectivity index (χ3v) is 4.80. The molecule has 7 heteroatoms. The molecule has 0 saturated carbocycles. The van der Waals surface area contributed by atoms with E-state index in [1.54, 1.807) is 4.90 Å². The van der Waals surface area contributed by atoms with Crippen LogP contribution in [-0.4, -0.2) is 39.3 Å². The van der Waals surface area contributed by atoms with Gasteiger partial charge in [-0.15, -0.1) is 0 Å². The summed E-state index contributed by atoms with van der Waals surface area (Å²) < 4.78 is 37.8. The highest BCUT2D eigenvalue weighted by molar-refractivity contribution is 5.97. The van der Waals surface area contributed by atoms with Crippen molar-refractivity contribution in [1.29, 1.82) is 0 Å². The number of alkyl halides is 3. The van der Waals surface area contributed by atoms with Crippen molar-refractivity contribution in [3.63, 3.8) is 0 Å². The molecule has 2 aliphatic heterocycles. The van der Waals surface area contributed by atoms with Crippen molar-refractivity contribution >= 4 is 5.91 Å². The quantitative estimate of drug-likeness (QED) is 0.874. The highest BCUT2D eigenvalue weighted by atomic mass is 19.4. The van der Waals surface area contributed by atoms with Crippen molar-refractivity contribution in [3.05, 3.63) is 23.8 Å². The zero-order valence-corrected chi connectivity index (χ0v) is 12.4. The lowest BCUT2D eigenvalue weighted by atomic mass is 9.87. The first-order valence-electron chi connectivity index (χ1n) is 7.66. The van der Waals surface area contributed by atoms with Gasteiger partial charge in [-0.3, -0.25) is 4.79 Å². The van der Waals surface area contributed by atoms with Crippen molar-refractivity contribution < 1.29 is 28.2 Å². The van der Waals surface area contributed by atoms with E-state index < -0.39 is 18.5 Å². The molecule has 0 spiro atoms. The highest BCUT2D eigenvalue weighted by Crippen LogP contribution is 2.43. The Morgan fingerprint density at radius 2 is 1.78 bits per heavy atom. The van der Waals surface area contributed by atoms with Gasteiger partial charge in [-0.2, -0.15) is 13.2 Å². The maximum atomic E-state index is 12.6. The monoisotopic (exact) mass is 329 g/mol. The molecule has 2 fully saturated rings. The minimum Gasteiger partial charge on any atom is -0.508 e. The number of hydrogen-bond donors (Lipinski definition) is 2. The second-order valence-corrected chi connectivity index (χ2v) is 6.46. The van der Waals surface area contributed by atoms with Crippen molar-refractivity contribution in [3.8, 4) is 11.5 Å². The van der Waals surface area contributed by atoms with Crippen LogP contribution in [0.3, 0.4) is 0 Å². The summed E-state index contributed by atoms with van der Waals surface area (Å²) in [6, 6.07) is 3.33. The lowest BCUT2D eigenvalue weighted by Crippen LogP contribution is -2.47. The Hall–Kier alpha value is -1.92. The molecule has 4 nitrogen and oxygen atoms in total. The first-order chi connectivity index (χ1) is 10.7. The van der Waals surface area contributed by atoms with Crippen LogP contribution < -0.4 is 0 Å². The van der Waals surface area contributed by atoms with E-state index in [-0.39, 0.29) is 35.1 Å². The summed E-state index contributed by atoms with van der Waals surface area (Å²) in [5.74, 6) is -1.27. The van der Waals surface area contributed by atoms with Crippen LogP contribution in [-0.2, 0) is 0 Å². The molecule has 0 aromatic heterocycles. The van der Waals surface area contributed by atoms with E-state index in [0.29, 0.717) is 25.7 Å². The molecule has 2 aliphatic rings. The molecular formula is C16H18F3NO3. The predicted molar refractivity (Wildman–Crippen MR) is 76.1 cm³/mol. The standard InChI is InChI=1S/C16H18F3NO3/c17-16(18,19)8-9-5-10-1-2-11(6-9)20(10)15(23)13-4-3-12(21)7-14(13)22/h3-4,7,9-11,21-22H,1-2,5-6,8H2. The fraction of sp³-hybridized carbons (Fsp3) is 0.562. The second-order valence-electron chi connectivity index (χ2n) is 6.46. The van der Waals surface area contributed by atoms with Crippen molar-refractivity contribution in [1.82, 2.24) is 4.90 Å². The Morgan fingerprint density at radius 3 is 2.30 bits per heavy atom. The fourth-order valence-corrected chi connectivity index (χ4v) is 3.96. The largest absolute Gasteiger partial charge is 0.508 e. The Morgan fingerprint density at radius 1 is 1.17 bits per heavy atom. The first kappa shape index (κ1) is 16.0. The molecule has 1 aromatic rings. The number of amides is 1. The van der Waals surface area contributed by atoms with Crippen LogP contribution in [0, 0.1) is 5.92 Å². The van der Waals surface area contributed by atoms with Crippen molar-refractivity contribution in [2.75, 3.05) is 0 Å². The molecule has 2 bridgehead atoms. The Balaban J connectivity index is 1.76. The lowest BCUT2D eigenvalue weighted by molar-refractivity contribution is -0.148. The summed E-state index contributed by atoms with van der Waals surface area (Å²) >= 11 is 0. The summed E-state index contributed by atoms with van der Waals surface area (Å²) in [5, 5.41) is 19.1. The number of piperidine rings is 1. The van der Waals surface area contributed by atoms with Crippen LogP contribution in [0.5, 0.6) is 11.5 Å². The summed E-state index contributed by atoms with van der Waals surface area (Å²) in [4.78, 5) is 14.3. The van der Waals surface area contributed by atoms with Gasteiger partial charge in [0, 0.05) is 24.6 Å². The zero-order chi connectivity index (χ0) is 16.8. The topological polar surface area (TPSA) is 60.8 Å². The average molecular weight is 329 g/mol. The smallest absolute Gasteiger partial charge is 0.389 e. The highest BCUT2D eigenvalue weighted by Gasteiger charge is 2.46. The molecule has 3 rings (SSSR count). The van der Waals surface area contributed by atoms with E-state index in [2.05, 4.69) is 0 Å². The summed E-state index contributed by atoms with van der Waals surface area (Å²) in [7, 11) is 0. The molecule has 23 heavy (non-hydrogen) atoms. The number of phenols is 2. The van der Waals surface area contributed by atoms with Gasteiger partial charge in [0.2, 0.25) is 0 Å². The molecule has 126 valence electrons. The molecule has 1 amide bonds. The zero-order valence-electron chi connectivity index (χ0n) is 12.4. The third-order valence-electron chi connectivity index (χ3n) is 4.80. The van der Waals surface area contributed by atoms with E-state index in [1.165, 1.54) is 12.1 Å². The number of phenolic OH excluding ortho intramolecular Hbond substituents is 2. The predicted octanol–water partition coefficient (Wildman–Crippen LogP) is 3.43.